The van der Waals surface area contributed by atoms with E-state index in [-0.39, 0.29) is 0 Å². The molecule has 2 aliphatic rings. The molecule has 0 aromatic heterocycles. The molecule has 3 unspecified atom stereocenters. The van der Waals surface area contributed by atoms with Crippen LogP contribution in [0.25, 0.3) is 11.1 Å². The summed E-state index contributed by atoms with van der Waals surface area (Å²) in [7, 11) is 0. The van der Waals surface area contributed by atoms with Crippen LogP contribution in [0.15, 0.2) is 78.9 Å². The Bertz CT molecular complexity index is 905. The Balaban J connectivity index is 1.27. The van der Waals surface area contributed by atoms with Gasteiger partial charge in [-0.25, -0.2) is 0 Å². The van der Waals surface area contributed by atoms with Crippen LogP contribution >= 0.6 is 0 Å². The summed E-state index contributed by atoms with van der Waals surface area (Å²) in [6.45, 7) is 4.83. The highest BCUT2D eigenvalue weighted by Gasteiger charge is 2.39. The highest BCUT2D eigenvalue weighted by Crippen LogP contribution is 2.54. The van der Waals surface area contributed by atoms with Gasteiger partial charge in [0.1, 0.15) is 0 Å². The number of nitrogens with zero attached hydrogens (tertiary/aromatic N) is 1. The van der Waals surface area contributed by atoms with Crippen LogP contribution in [0.5, 0.6) is 0 Å². The molecule has 3 atom stereocenters. The van der Waals surface area contributed by atoms with Gasteiger partial charge in [-0.2, -0.15) is 0 Å². The maximum Gasteiger partial charge on any atom is 0.0319 e. The van der Waals surface area contributed by atoms with E-state index in [1.54, 1.807) is 0 Å². The zero-order chi connectivity index (χ0) is 18.9. The standard InChI is InChI=1S/C27H29N/c1-20(28-17-5-6-18-28)21-9-11-22(12-10-21)23-13-15-25(16-14-23)27-19-26(27)24-7-3-2-4-8-24/h2-4,7-16,20,26-27H,5-6,17-19H2,1H3. The quantitative estimate of drug-likeness (QED) is 0.480. The molecule has 3 aromatic carbocycles. The highest BCUT2D eigenvalue weighted by atomic mass is 15.2. The monoisotopic (exact) mass is 367 g/mol. The van der Waals surface area contributed by atoms with Crippen molar-refractivity contribution in [2.45, 2.75) is 44.1 Å². The lowest BCUT2D eigenvalue weighted by Gasteiger charge is -2.24. The van der Waals surface area contributed by atoms with Crippen molar-refractivity contribution in [2.75, 3.05) is 13.1 Å². The Morgan fingerprint density at radius 1 is 0.679 bits per heavy atom. The van der Waals surface area contributed by atoms with Gasteiger partial charge in [-0.15, -0.1) is 0 Å². The summed E-state index contributed by atoms with van der Waals surface area (Å²) in [5, 5.41) is 0. The SMILES string of the molecule is CC(c1ccc(-c2ccc(C3CC3c3ccccc3)cc2)cc1)N1CCCC1. The van der Waals surface area contributed by atoms with E-state index in [2.05, 4.69) is 90.7 Å². The Labute approximate surface area is 169 Å². The smallest absolute Gasteiger partial charge is 0.0319 e. The molecule has 0 bridgehead atoms. The molecule has 3 aromatic rings. The van der Waals surface area contributed by atoms with Crippen molar-refractivity contribution in [2.24, 2.45) is 0 Å². The average Bonchev–Trinajstić information content (AvgIpc) is 3.38. The van der Waals surface area contributed by atoms with Crippen molar-refractivity contribution in [1.82, 2.24) is 4.90 Å². The van der Waals surface area contributed by atoms with Gasteiger partial charge in [0.05, 0.1) is 0 Å². The van der Waals surface area contributed by atoms with E-state index in [1.807, 2.05) is 0 Å². The molecule has 1 aliphatic heterocycles. The van der Waals surface area contributed by atoms with Crippen LogP contribution in [-0.4, -0.2) is 18.0 Å². The highest BCUT2D eigenvalue weighted by molar-refractivity contribution is 5.64. The third-order valence-electron chi connectivity index (χ3n) is 6.77. The van der Waals surface area contributed by atoms with Crippen molar-refractivity contribution in [1.29, 1.82) is 0 Å². The minimum absolute atomic E-state index is 0.531. The van der Waals surface area contributed by atoms with Crippen LogP contribution < -0.4 is 0 Å². The van der Waals surface area contributed by atoms with E-state index in [9.17, 15) is 0 Å². The van der Waals surface area contributed by atoms with Crippen molar-refractivity contribution in [3.05, 3.63) is 95.6 Å². The van der Waals surface area contributed by atoms with Crippen LogP contribution in [0.2, 0.25) is 0 Å². The van der Waals surface area contributed by atoms with Gasteiger partial charge in [0.2, 0.25) is 0 Å². The van der Waals surface area contributed by atoms with Crippen LogP contribution in [0.3, 0.4) is 0 Å². The summed E-state index contributed by atoms with van der Waals surface area (Å²) in [5.74, 6) is 1.40. The Morgan fingerprint density at radius 3 is 1.82 bits per heavy atom. The van der Waals surface area contributed by atoms with E-state index in [0.717, 1.165) is 0 Å². The maximum absolute atomic E-state index is 2.60. The summed E-state index contributed by atoms with van der Waals surface area (Å²) < 4.78 is 0. The summed E-state index contributed by atoms with van der Waals surface area (Å²) in [6.07, 6.45) is 3.98. The summed E-state index contributed by atoms with van der Waals surface area (Å²) in [5.41, 5.74) is 7.04. The second-order valence-electron chi connectivity index (χ2n) is 8.52. The van der Waals surface area contributed by atoms with Crippen molar-refractivity contribution in [3.63, 3.8) is 0 Å². The lowest BCUT2D eigenvalue weighted by molar-refractivity contribution is 0.263. The number of hydrogen-bond donors (Lipinski definition) is 0. The zero-order valence-corrected chi connectivity index (χ0v) is 16.7. The summed E-state index contributed by atoms with van der Waals surface area (Å²) in [4.78, 5) is 2.60. The first-order chi connectivity index (χ1) is 13.8. The molecule has 1 aliphatic carbocycles. The lowest BCUT2D eigenvalue weighted by Crippen LogP contribution is -2.23. The lowest BCUT2D eigenvalue weighted by atomic mass is 9.98. The van der Waals surface area contributed by atoms with E-state index < -0.39 is 0 Å². The number of benzene rings is 3. The van der Waals surface area contributed by atoms with E-state index in [1.165, 1.54) is 60.2 Å². The van der Waals surface area contributed by atoms with Crippen molar-refractivity contribution in [3.8, 4) is 11.1 Å². The van der Waals surface area contributed by atoms with Crippen molar-refractivity contribution >= 4 is 0 Å². The predicted molar refractivity (Wildman–Crippen MR) is 118 cm³/mol. The molecular weight excluding hydrogens is 338 g/mol. The fourth-order valence-corrected chi connectivity index (χ4v) is 4.85. The molecule has 0 spiro atoms. The van der Waals surface area contributed by atoms with E-state index in [4.69, 9.17) is 0 Å². The second-order valence-corrected chi connectivity index (χ2v) is 8.52. The molecule has 5 rings (SSSR count). The molecule has 1 saturated carbocycles. The molecule has 0 radical (unpaired) electrons. The molecule has 142 valence electrons. The van der Waals surface area contributed by atoms with E-state index >= 15 is 0 Å². The molecule has 28 heavy (non-hydrogen) atoms. The first kappa shape index (κ1) is 17.7. The van der Waals surface area contributed by atoms with E-state index in [0.29, 0.717) is 17.9 Å². The molecular formula is C27H29N. The van der Waals surface area contributed by atoms with Crippen LogP contribution in [-0.2, 0) is 0 Å². The maximum atomic E-state index is 2.60. The van der Waals surface area contributed by atoms with Gasteiger partial charge in [-0.1, -0.05) is 78.9 Å². The molecule has 1 heterocycles. The Hall–Kier alpha value is -2.38. The normalized spacial score (nSPS) is 22.9. The minimum atomic E-state index is 0.531. The topological polar surface area (TPSA) is 3.24 Å². The van der Waals surface area contributed by atoms with Gasteiger partial charge in [0, 0.05) is 6.04 Å². The molecule has 1 nitrogen and oxygen atoms in total. The van der Waals surface area contributed by atoms with Gasteiger partial charge in [-0.3, -0.25) is 4.90 Å². The van der Waals surface area contributed by atoms with Crippen LogP contribution in [0.4, 0.5) is 0 Å². The molecule has 0 amide bonds. The average molecular weight is 368 g/mol. The van der Waals surface area contributed by atoms with Gasteiger partial charge in [0.25, 0.3) is 0 Å². The first-order valence-electron chi connectivity index (χ1n) is 10.8. The number of rotatable bonds is 5. The largest absolute Gasteiger partial charge is 0.297 e. The first-order valence-corrected chi connectivity index (χ1v) is 10.8. The third kappa shape index (κ3) is 3.52. The number of hydrogen-bond acceptors (Lipinski definition) is 1. The van der Waals surface area contributed by atoms with Gasteiger partial charge < -0.3 is 0 Å². The molecule has 0 N–H and O–H groups in total. The Kier molecular flexibility index (Phi) is 4.78. The van der Waals surface area contributed by atoms with Gasteiger partial charge in [-0.05, 0) is 78.9 Å². The predicted octanol–water partition coefficient (Wildman–Crippen LogP) is 6.78. The van der Waals surface area contributed by atoms with Crippen LogP contribution in [0.1, 0.15) is 60.8 Å². The fraction of sp³-hybridized carbons (Fsp3) is 0.333. The summed E-state index contributed by atoms with van der Waals surface area (Å²) >= 11 is 0. The van der Waals surface area contributed by atoms with Crippen molar-refractivity contribution < 1.29 is 0 Å². The molecule has 2 fully saturated rings. The molecule has 1 saturated heterocycles. The molecule has 1 heteroatoms. The van der Waals surface area contributed by atoms with Crippen LogP contribution in [0, 0.1) is 0 Å². The Morgan fingerprint density at radius 2 is 1.21 bits per heavy atom. The fourth-order valence-electron chi connectivity index (χ4n) is 4.85. The van der Waals surface area contributed by atoms with Gasteiger partial charge in [0.15, 0.2) is 0 Å². The summed E-state index contributed by atoms with van der Waals surface area (Å²) in [6, 6.07) is 30.0. The van der Waals surface area contributed by atoms with Gasteiger partial charge >= 0.3 is 0 Å². The minimum Gasteiger partial charge on any atom is -0.297 e. The third-order valence-corrected chi connectivity index (χ3v) is 6.77. The zero-order valence-electron chi connectivity index (χ0n) is 16.7. The second kappa shape index (κ2) is 7.56. The number of likely N-dealkylation sites (tertiary alicyclic amines) is 1.